The van der Waals surface area contributed by atoms with Crippen molar-refractivity contribution in [1.29, 1.82) is 0 Å². The summed E-state index contributed by atoms with van der Waals surface area (Å²) >= 11 is 7.41. The van der Waals surface area contributed by atoms with E-state index in [1.165, 1.54) is 33.4 Å². The van der Waals surface area contributed by atoms with Crippen LogP contribution < -0.4 is 0 Å². The van der Waals surface area contributed by atoms with Crippen LogP contribution in [0.25, 0.3) is 0 Å². The molecule has 0 bridgehead atoms. The van der Waals surface area contributed by atoms with Gasteiger partial charge in [-0.15, -0.1) is 0 Å². The van der Waals surface area contributed by atoms with Crippen molar-refractivity contribution >= 4 is 31.9 Å². The third-order valence-corrected chi connectivity index (χ3v) is 7.94. The van der Waals surface area contributed by atoms with E-state index in [4.69, 9.17) is 0 Å². The lowest BCUT2D eigenvalue weighted by Gasteiger charge is -2.58. The van der Waals surface area contributed by atoms with E-state index in [1.54, 1.807) is 0 Å². The number of fused-ring (bicyclic) bond motifs is 7. The van der Waals surface area contributed by atoms with Gasteiger partial charge in [0.05, 0.1) is 0 Å². The second-order valence-corrected chi connectivity index (χ2v) is 8.51. The lowest BCUT2D eigenvalue weighted by Crippen LogP contribution is -2.52. The van der Waals surface area contributed by atoms with Gasteiger partial charge in [0, 0.05) is 26.2 Å². The first-order valence-corrected chi connectivity index (χ1v) is 9.51. The number of hydrogen-bond acceptors (Lipinski definition) is 0. The van der Waals surface area contributed by atoms with Gasteiger partial charge in [-0.3, -0.25) is 0 Å². The molecule has 0 saturated heterocycles. The largest absolute Gasteiger partial charge is 0.0620 e. The Labute approximate surface area is 151 Å². The van der Waals surface area contributed by atoms with Crippen LogP contribution in [0.3, 0.4) is 0 Å². The molecule has 3 aromatic carbocycles. The molecule has 2 atom stereocenters. The van der Waals surface area contributed by atoms with E-state index in [2.05, 4.69) is 92.5 Å². The summed E-state index contributed by atoms with van der Waals surface area (Å²) in [7, 11) is 0. The van der Waals surface area contributed by atoms with Crippen molar-refractivity contribution in [2.75, 3.05) is 0 Å². The Morgan fingerprint density at radius 1 is 0.609 bits per heavy atom. The van der Waals surface area contributed by atoms with Crippen LogP contribution in [0.5, 0.6) is 0 Å². The number of hydrogen-bond donors (Lipinski definition) is 0. The minimum atomic E-state index is 0.190. The molecule has 3 aliphatic rings. The predicted molar refractivity (Wildman–Crippen MR) is 99.2 cm³/mol. The Bertz CT molecular complexity index is 936. The highest BCUT2D eigenvalue weighted by molar-refractivity contribution is 9.13. The molecule has 3 aliphatic carbocycles. The summed E-state index contributed by atoms with van der Waals surface area (Å²) in [6.07, 6.45) is 0. The monoisotopic (exact) mass is 422 g/mol. The van der Waals surface area contributed by atoms with Gasteiger partial charge in [0.15, 0.2) is 0 Å². The molecule has 0 N–H and O–H groups in total. The molecular weight excluding hydrogens is 412 g/mol. The normalized spacial score (nSPS) is 27.7. The lowest BCUT2D eigenvalue weighted by atomic mass is 9.43. The highest BCUT2D eigenvalue weighted by Gasteiger charge is 2.69. The molecule has 0 radical (unpaired) electrons. The molecule has 23 heavy (non-hydrogen) atoms. The molecule has 1 spiro atoms. The second kappa shape index (κ2) is 3.99. The third-order valence-electron chi connectivity index (χ3n) is 6.09. The highest BCUT2D eigenvalue weighted by Crippen LogP contribution is 2.77. The minimum Gasteiger partial charge on any atom is -0.0620 e. The summed E-state index contributed by atoms with van der Waals surface area (Å²) < 4.78 is 2.31. The van der Waals surface area contributed by atoms with Crippen molar-refractivity contribution in [3.05, 3.63) is 103 Å². The van der Waals surface area contributed by atoms with Crippen molar-refractivity contribution in [2.45, 2.75) is 17.3 Å². The minimum absolute atomic E-state index is 0.190. The first-order valence-electron chi connectivity index (χ1n) is 7.92. The van der Waals surface area contributed by atoms with Gasteiger partial charge in [0.25, 0.3) is 0 Å². The molecule has 3 aromatic rings. The zero-order valence-corrected chi connectivity index (χ0v) is 15.4. The molecule has 0 amide bonds. The summed E-state index contributed by atoms with van der Waals surface area (Å²) in [5, 5.41) is 0. The van der Waals surface area contributed by atoms with Gasteiger partial charge in [-0.05, 0) is 77.4 Å². The molecule has 2 heteroatoms. The molecule has 0 aliphatic heterocycles. The molecule has 0 fully saturated rings. The lowest BCUT2D eigenvalue weighted by molar-refractivity contribution is 0.332. The van der Waals surface area contributed by atoms with Gasteiger partial charge < -0.3 is 0 Å². The first kappa shape index (κ1) is 13.0. The van der Waals surface area contributed by atoms with Gasteiger partial charge >= 0.3 is 0 Å². The molecule has 2 unspecified atom stereocenters. The predicted octanol–water partition coefficient (Wildman–Crippen LogP) is 6.10. The number of benzene rings is 3. The molecule has 110 valence electrons. The molecular formula is C21H12Br2. The van der Waals surface area contributed by atoms with Crippen molar-refractivity contribution in [3.63, 3.8) is 0 Å². The fourth-order valence-electron chi connectivity index (χ4n) is 5.42. The van der Waals surface area contributed by atoms with E-state index in [9.17, 15) is 0 Å². The Balaban J connectivity index is 1.75. The van der Waals surface area contributed by atoms with Gasteiger partial charge in [-0.25, -0.2) is 0 Å². The zero-order chi connectivity index (χ0) is 15.3. The standard InChI is InChI=1S/C21H12Br2/c22-17-9-13-14(10-18(17)23)20-12-6-2-4-8-16(12)21(20)15-7-3-1-5-11(15)19(13)21/h1-10,19-20H. The summed E-state index contributed by atoms with van der Waals surface area (Å²) in [4.78, 5) is 0. The van der Waals surface area contributed by atoms with Crippen LogP contribution in [0.15, 0.2) is 69.6 Å². The maximum Gasteiger partial charge on any atom is 0.0427 e. The first-order chi connectivity index (χ1) is 11.2. The summed E-state index contributed by atoms with van der Waals surface area (Å²) in [5.74, 6) is 1.02. The van der Waals surface area contributed by atoms with Gasteiger partial charge in [0.1, 0.15) is 0 Å². The van der Waals surface area contributed by atoms with Crippen LogP contribution in [-0.2, 0) is 5.41 Å². The fourth-order valence-corrected chi connectivity index (χ4v) is 6.15. The maximum absolute atomic E-state index is 3.71. The Kier molecular flexibility index (Phi) is 2.25. The van der Waals surface area contributed by atoms with Gasteiger partial charge in [-0.1, -0.05) is 48.5 Å². The topological polar surface area (TPSA) is 0 Å². The average molecular weight is 424 g/mol. The van der Waals surface area contributed by atoms with Crippen LogP contribution in [0.2, 0.25) is 0 Å². The third kappa shape index (κ3) is 1.22. The Morgan fingerprint density at radius 3 is 1.52 bits per heavy atom. The maximum atomic E-state index is 3.71. The van der Waals surface area contributed by atoms with Crippen LogP contribution in [0.4, 0.5) is 0 Å². The van der Waals surface area contributed by atoms with Crippen molar-refractivity contribution in [2.24, 2.45) is 0 Å². The van der Waals surface area contributed by atoms with E-state index in [-0.39, 0.29) is 5.41 Å². The highest BCUT2D eigenvalue weighted by atomic mass is 79.9. The molecule has 0 nitrogen and oxygen atoms in total. The quantitative estimate of drug-likeness (QED) is 0.409. The second-order valence-electron chi connectivity index (χ2n) is 6.80. The van der Waals surface area contributed by atoms with E-state index in [1.807, 2.05) is 0 Å². The summed E-state index contributed by atoms with van der Waals surface area (Å²) in [5.41, 5.74) is 9.30. The summed E-state index contributed by atoms with van der Waals surface area (Å²) in [6.45, 7) is 0. The number of halogens is 2. The fraction of sp³-hybridized carbons (Fsp3) is 0.143. The Hall–Kier alpha value is -1.38. The molecule has 6 rings (SSSR count). The van der Waals surface area contributed by atoms with Crippen LogP contribution in [0, 0.1) is 0 Å². The van der Waals surface area contributed by atoms with Crippen LogP contribution in [0.1, 0.15) is 45.2 Å². The molecule has 0 aromatic heterocycles. The van der Waals surface area contributed by atoms with Crippen LogP contribution >= 0.6 is 31.9 Å². The van der Waals surface area contributed by atoms with Gasteiger partial charge in [-0.2, -0.15) is 0 Å². The summed E-state index contributed by atoms with van der Waals surface area (Å²) in [6, 6.07) is 22.7. The molecule has 0 heterocycles. The number of rotatable bonds is 0. The van der Waals surface area contributed by atoms with Crippen molar-refractivity contribution in [1.82, 2.24) is 0 Å². The van der Waals surface area contributed by atoms with Crippen LogP contribution in [-0.4, -0.2) is 0 Å². The van der Waals surface area contributed by atoms with Gasteiger partial charge in [0.2, 0.25) is 0 Å². The zero-order valence-electron chi connectivity index (χ0n) is 12.2. The SMILES string of the molecule is Brc1cc2c(cc1Br)C1c3ccccc3C13c1ccccc1C23. The van der Waals surface area contributed by atoms with Crippen molar-refractivity contribution < 1.29 is 0 Å². The van der Waals surface area contributed by atoms with E-state index >= 15 is 0 Å². The van der Waals surface area contributed by atoms with Crippen molar-refractivity contribution in [3.8, 4) is 0 Å². The van der Waals surface area contributed by atoms with E-state index in [0.717, 1.165) is 8.95 Å². The smallest absolute Gasteiger partial charge is 0.0427 e. The van der Waals surface area contributed by atoms with E-state index < -0.39 is 0 Å². The Morgan fingerprint density at radius 2 is 1.04 bits per heavy atom. The molecule has 0 saturated carbocycles. The van der Waals surface area contributed by atoms with E-state index in [0.29, 0.717) is 11.8 Å². The average Bonchev–Trinajstić information content (AvgIpc) is 2.73.